The zero-order valence-corrected chi connectivity index (χ0v) is 19.5. The van der Waals surface area contributed by atoms with Crippen LogP contribution in [-0.2, 0) is 4.79 Å². The summed E-state index contributed by atoms with van der Waals surface area (Å²) in [7, 11) is 0. The molecule has 2 heterocycles. The molecule has 1 aliphatic rings. The van der Waals surface area contributed by atoms with Crippen molar-refractivity contribution < 1.29 is 14.3 Å². The third-order valence-corrected chi connectivity index (χ3v) is 5.45. The minimum absolute atomic E-state index is 0.296. The Balaban J connectivity index is 1.80. The Morgan fingerprint density at radius 1 is 1.16 bits per heavy atom. The van der Waals surface area contributed by atoms with Gasteiger partial charge in [-0.05, 0) is 61.5 Å². The van der Waals surface area contributed by atoms with Crippen LogP contribution in [-0.4, -0.2) is 39.3 Å². The summed E-state index contributed by atoms with van der Waals surface area (Å²) in [6, 6.07) is 12.4. The summed E-state index contributed by atoms with van der Waals surface area (Å²) in [6.45, 7) is 6.60. The van der Waals surface area contributed by atoms with E-state index in [4.69, 9.17) is 9.47 Å². The average Bonchev–Trinajstić information content (AvgIpc) is 3.23. The van der Waals surface area contributed by atoms with Crippen LogP contribution in [0.4, 0.5) is 11.6 Å². The lowest BCUT2D eigenvalue weighted by Crippen LogP contribution is -2.32. The highest BCUT2D eigenvalue weighted by atomic mass is 79.9. The minimum Gasteiger partial charge on any atom is -0.494 e. The molecule has 1 aromatic heterocycles. The topological polar surface area (TPSA) is 103 Å². The van der Waals surface area contributed by atoms with Gasteiger partial charge in [-0.25, -0.2) is 0 Å². The molecule has 166 valence electrons. The Labute approximate surface area is 193 Å². The number of benzene rings is 2. The molecular formula is C22H23BrN6O3. The normalized spacial score (nSPS) is 15.1. The Kier molecular flexibility index (Phi) is 6.40. The molecule has 0 bridgehead atoms. The van der Waals surface area contributed by atoms with Gasteiger partial charge in [0.25, 0.3) is 5.91 Å². The molecule has 0 saturated carbocycles. The molecule has 1 amide bonds. The first kappa shape index (κ1) is 21.8. The van der Waals surface area contributed by atoms with E-state index in [1.54, 1.807) is 10.7 Å². The van der Waals surface area contributed by atoms with Gasteiger partial charge in [-0.15, -0.1) is 0 Å². The number of anilines is 2. The van der Waals surface area contributed by atoms with Crippen molar-refractivity contribution in [3.63, 3.8) is 0 Å². The molecule has 1 unspecified atom stereocenters. The van der Waals surface area contributed by atoms with Crippen LogP contribution < -0.4 is 20.1 Å². The van der Waals surface area contributed by atoms with Crippen molar-refractivity contribution in [1.29, 1.82) is 0 Å². The Hall–Kier alpha value is -3.40. The number of hydrogen-bond donors (Lipinski definition) is 2. The molecule has 32 heavy (non-hydrogen) atoms. The van der Waals surface area contributed by atoms with Crippen molar-refractivity contribution in [1.82, 2.24) is 20.2 Å². The predicted octanol–water partition coefficient (Wildman–Crippen LogP) is 4.16. The number of aromatic nitrogens is 4. The van der Waals surface area contributed by atoms with Gasteiger partial charge in [-0.3, -0.25) is 4.79 Å². The van der Waals surface area contributed by atoms with Crippen LogP contribution >= 0.6 is 15.9 Å². The van der Waals surface area contributed by atoms with Crippen molar-refractivity contribution in [2.45, 2.75) is 26.8 Å². The van der Waals surface area contributed by atoms with Gasteiger partial charge in [-0.2, -0.15) is 4.68 Å². The fraction of sp³-hybridized carbons (Fsp3) is 0.273. The van der Waals surface area contributed by atoms with Gasteiger partial charge < -0.3 is 20.1 Å². The number of para-hydroxylation sites is 2. The molecular weight excluding hydrogens is 476 g/mol. The van der Waals surface area contributed by atoms with Crippen molar-refractivity contribution in [3.05, 3.63) is 63.8 Å². The number of hydrogen-bond acceptors (Lipinski definition) is 7. The van der Waals surface area contributed by atoms with Gasteiger partial charge in [0.15, 0.2) is 0 Å². The lowest BCUT2D eigenvalue weighted by Gasteiger charge is -2.29. The second-order valence-electron chi connectivity index (χ2n) is 7.01. The molecule has 3 aromatic rings. The van der Waals surface area contributed by atoms with Crippen LogP contribution in [0.2, 0.25) is 0 Å². The Morgan fingerprint density at radius 2 is 1.91 bits per heavy atom. The molecule has 1 aliphatic heterocycles. The van der Waals surface area contributed by atoms with E-state index in [2.05, 4.69) is 42.1 Å². The number of amides is 1. The standard InChI is InChI=1S/C22H23BrN6O3/c1-4-31-17-11-10-14(23)12-15(17)20-19(13(3)24-22-26-27-28-29(20)22)21(30)25-16-8-6-7-9-18(16)32-5-2/h6-12,20H,4-5H2,1-3H3,(H,25,30)(H,24,26,28). The smallest absolute Gasteiger partial charge is 0.255 e. The van der Waals surface area contributed by atoms with Gasteiger partial charge in [0.05, 0.1) is 24.5 Å². The van der Waals surface area contributed by atoms with E-state index in [1.165, 1.54) is 0 Å². The van der Waals surface area contributed by atoms with Crippen LogP contribution in [0.5, 0.6) is 11.5 Å². The molecule has 4 rings (SSSR count). The van der Waals surface area contributed by atoms with E-state index in [0.29, 0.717) is 47.6 Å². The maximum atomic E-state index is 13.6. The zero-order chi connectivity index (χ0) is 22.7. The number of carbonyl (C=O) groups is 1. The van der Waals surface area contributed by atoms with Crippen LogP contribution in [0, 0.1) is 0 Å². The van der Waals surface area contributed by atoms with Crippen LogP contribution in [0.15, 0.2) is 58.2 Å². The molecule has 0 fully saturated rings. The van der Waals surface area contributed by atoms with Crippen LogP contribution in [0.25, 0.3) is 0 Å². The van der Waals surface area contributed by atoms with E-state index < -0.39 is 6.04 Å². The Morgan fingerprint density at radius 3 is 2.69 bits per heavy atom. The monoisotopic (exact) mass is 498 g/mol. The number of halogens is 1. The summed E-state index contributed by atoms with van der Waals surface area (Å²) in [4.78, 5) is 13.6. The third kappa shape index (κ3) is 4.18. The van der Waals surface area contributed by atoms with E-state index in [1.807, 2.05) is 57.2 Å². The minimum atomic E-state index is -0.598. The number of rotatable bonds is 7. The highest BCUT2D eigenvalue weighted by Crippen LogP contribution is 2.40. The highest BCUT2D eigenvalue weighted by Gasteiger charge is 2.36. The van der Waals surface area contributed by atoms with Crippen LogP contribution in [0.3, 0.4) is 0 Å². The summed E-state index contributed by atoms with van der Waals surface area (Å²) >= 11 is 3.53. The first-order chi connectivity index (χ1) is 15.5. The van der Waals surface area contributed by atoms with Gasteiger partial charge in [0.2, 0.25) is 5.95 Å². The molecule has 2 aromatic carbocycles. The van der Waals surface area contributed by atoms with Gasteiger partial charge >= 0.3 is 0 Å². The third-order valence-electron chi connectivity index (χ3n) is 4.96. The molecule has 1 atom stereocenters. The fourth-order valence-electron chi connectivity index (χ4n) is 3.65. The number of fused-ring (bicyclic) bond motifs is 1. The van der Waals surface area contributed by atoms with Gasteiger partial charge in [0.1, 0.15) is 17.5 Å². The summed E-state index contributed by atoms with van der Waals surface area (Å²) < 4.78 is 14.0. The zero-order valence-electron chi connectivity index (χ0n) is 17.9. The number of tetrazole rings is 1. The first-order valence-corrected chi connectivity index (χ1v) is 11.0. The molecule has 0 saturated heterocycles. The number of allylic oxidation sites excluding steroid dienone is 1. The van der Waals surface area contributed by atoms with Crippen molar-refractivity contribution in [2.24, 2.45) is 0 Å². The van der Waals surface area contributed by atoms with Crippen molar-refractivity contribution >= 4 is 33.5 Å². The number of carbonyl (C=O) groups excluding carboxylic acids is 1. The van der Waals surface area contributed by atoms with E-state index >= 15 is 0 Å². The summed E-state index contributed by atoms with van der Waals surface area (Å²) in [5.41, 5.74) is 2.46. The average molecular weight is 499 g/mol. The maximum absolute atomic E-state index is 13.6. The number of nitrogens with zero attached hydrogens (tertiary/aromatic N) is 4. The second kappa shape index (κ2) is 9.39. The fourth-order valence-corrected chi connectivity index (χ4v) is 4.03. The quantitative estimate of drug-likeness (QED) is 0.503. The van der Waals surface area contributed by atoms with Crippen molar-refractivity contribution in [3.8, 4) is 11.5 Å². The summed E-state index contributed by atoms with van der Waals surface area (Å²) in [5.74, 6) is 1.40. The predicted molar refractivity (Wildman–Crippen MR) is 124 cm³/mol. The van der Waals surface area contributed by atoms with Gasteiger partial charge in [-0.1, -0.05) is 33.2 Å². The molecule has 0 spiro atoms. The molecule has 9 nitrogen and oxygen atoms in total. The number of nitrogens with one attached hydrogen (secondary N) is 2. The molecule has 0 radical (unpaired) electrons. The first-order valence-electron chi connectivity index (χ1n) is 10.2. The summed E-state index contributed by atoms with van der Waals surface area (Å²) in [6.07, 6.45) is 0. The Bertz CT molecular complexity index is 1180. The molecule has 0 aliphatic carbocycles. The number of ether oxygens (including phenoxy) is 2. The van der Waals surface area contributed by atoms with Gasteiger partial charge in [0, 0.05) is 15.7 Å². The maximum Gasteiger partial charge on any atom is 0.255 e. The SMILES string of the molecule is CCOc1ccccc1NC(=O)C1=C(C)Nc2nnnn2C1c1cc(Br)ccc1OCC. The van der Waals surface area contributed by atoms with E-state index in [-0.39, 0.29) is 5.91 Å². The largest absolute Gasteiger partial charge is 0.494 e. The second-order valence-corrected chi connectivity index (χ2v) is 7.93. The molecule has 10 heteroatoms. The molecule has 2 N–H and O–H groups in total. The van der Waals surface area contributed by atoms with E-state index in [9.17, 15) is 4.79 Å². The lowest BCUT2D eigenvalue weighted by atomic mass is 9.94. The highest BCUT2D eigenvalue weighted by molar-refractivity contribution is 9.10. The van der Waals surface area contributed by atoms with Crippen LogP contribution in [0.1, 0.15) is 32.4 Å². The van der Waals surface area contributed by atoms with Crippen molar-refractivity contribution in [2.75, 3.05) is 23.8 Å². The lowest BCUT2D eigenvalue weighted by molar-refractivity contribution is -0.113. The van der Waals surface area contributed by atoms with E-state index in [0.717, 1.165) is 10.0 Å². The summed E-state index contributed by atoms with van der Waals surface area (Å²) in [5, 5.41) is 18.1.